The topological polar surface area (TPSA) is 72.3 Å². The number of pyridine rings is 1. The fourth-order valence-corrected chi connectivity index (χ4v) is 3.43. The molecule has 0 aliphatic heterocycles. The summed E-state index contributed by atoms with van der Waals surface area (Å²) in [6, 6.07) is 7.00. The lowest BCUT2D eigenvalue weighted by molar-refractivity contribution is 0.139. The van der Waals surface area contributed by atoms with Gasteiger partial charge in [0.2, 0.25) is 0 Å². The summed E-state index contributed by atoms with van der Waals surface area (Å²) in [4.78, 5) is 24.4. The van der Waals surface area contributed by atoms with E-state index in [-0.39, 0.29) is 11.4 Å². The van der Waals surface area contributed by atoms with E-state index in [2.05, 4.69) is 34.0 Å². The van der Waals surface area contributed by atoms with Crippen molar-refractivity contribution in [3.8, 4) is 11.3 Å². The third-order valence-electron chi connectivity index (χ3n) is 5.28. The Morgan fingerprint density at radius 2 is 1.84 bits per heavy atom. The molecule has 32 heavy (non-hydrogen) atoms. The van der Waals surface area contributed by atoms with Crippen LogP contribution < -0.4 is 10.9 Å². The van der Waals surface area contributed by atoms with Crippen LogP contribution >= 0.6 is 0 Å². The Morgan fingerprint density at radius 3 is 2.53 bits per heavy atom. The molecule has 2 aromatic heterocycles. The number of aromatic nitrogens is 3. The predicted octanol–water partition coefficient (Wildman–Crippen LogP) is 3.53. The molecule has 0 aliphatic carbocycles. The number of anilines is 1. The van der Waals surface area contributed by atoms with Crippen molar-refractivity contribution in [2.24, 2.45) is 0 Å². The average molecular weight is 446 g/mol. The minimum absolute atomic E-state index is 0.253. The van der Waals surface area contributed by atoms with Crippen LogP contribution in [-0.2, 0) is 11.3 Å². The molecule has 0 amide bonds. The summed E-state index contributed by atoms with van der Waals surface area (Å²) in [6.07, 6.45) is 0. The van der Waals surface area contributed by atoms with Crippen molar-refractivity contribution in [1.82, 2.24) is 19.4 Å². The van der Waals surface area contributed by atoms with Crippen molar-refractivity contribution in [3.05, 3.63) is 52.3 Å². The highest BCUT2D eigenvalue weighted by Crippen LogP contribution is 2.22. The Kier molecular flexibility index (Phi) is 8.24. The van der Waals surface area contributed by atoms with E-state index in [1.807, 2.05) is 6.92 Å². The summed E-state index contributed by atoms with van der Waals surface area (Å²) < 4.78 is 34.0. The summed E-state index contributed by atoms with van der Waals surface area (Å²) >= 11 is 0. The van der Waals surface area contributed by atoms with Crippen molar-refractivity contribution in [1.29, 1.82) is 0 Å². The monoisotopic (exact) mass is 445 g/mol. The van der Waals surface area contributed by atoms with Crippen LogP contribution in [0.1, 0.15) is 20.8 Å². The highest BCUT2D eigenvalue weighted by atomic mass is 19.2. The summed E-state index contributed by atoms with van der Waals surface area (Å²) in [5, 5.41) is 3.15. The van der Waals surface area contributed by atoms with Crippen LogP contribution in [0.15, 0.2) is 35.1 Å². The maximum atomic E-state index is 13.7. The van der Waals surface area contributed by atoms with Gasteiger partial charge >= 0.3 is 0 Å². The summed E-state index contributed by atoms with van der Waals surface area (Å²) in [6.45, 7) is 10.5. The van der Waals surface area contributed by atoms with Crippen molar-refractivity contribution in [3.63, 3.8) is 0 Å². The fraction of sp³-hybridized carbons (Fsp3) is 0.435. The van der Waals surface area contributed by atoms with Gasteiger partial charge in [-0.2, -0.15) is 0 Å². The molecule has 0 aliphatic rings. The first-order valence-electron chi connectivity index (χ1n) is 10.9. The molecule has 9 heteroatoms. The van der Waals surface area contributed by atoms with Crippen molar-refractivity contribution in [2.75, 3.05) is 44.7 Å². The van der Waals surface area contributed by atoms with E-state index in [1.54, 1.807) is 12.1 Å². The molecule has 3 rings (SSSR count). The molecule has 0 spiro atoms. The molecular formula is C23H29F2N5O2. The third kappa shape index (κ3) is 5.46. The van der Waals surface area contributed by atoms with Gasteiger partial charge in [-0.3, -0.25) is 9.36 Å². The van der Waals surface area contributed by atoms with Gasteiger partial charge in [0.15, 0.2) is 23.1 Å². The normalized spacial score (nSPS) is 11.4. The van der Waals surface area contributed by atoms with E-state index in [1.165, 1.54) is 10.6 Å². The van der Waals surface area contributed by atoms with Gasteiger partial charge < -0.3 is 15.0 Å². The lowest BCUT2D eigenvalue weighted by Gasteiger charge is -2.18. The van der Waals surface area contributed by atoms with Gasteiger partial charge in [0.1, 0.15) is 5.52 Å². The van der Waals surface area contributed by atoms with Crippen molar-refractivity contribution < 1.29 is 13.5 Å². The number of nitrogens with one attached hydrogen (secondary N) is 1. The number of hydrogen-bond donors (Lipinski definition) is 1. The smallest absolute Gasteiger partial charge is 0.295 e. The van der Waals surface area contributed by atoms with Crippen LogP contribution in [0.5, 0.6) is 0 Å². The van der Waals surface area contributed by atoms with Crippen LogP contribution in [0.4, 0.5) is 14.6 Å². The van der Waals surface area contributed by atoms with Gasteiger partial charge in [-0.15, -0.1) is 0 Å². The number of nitrogens with zero attached hydrogens (tertiary/aromatic N) is 4. The number of rotatable bonds is 11. The number of ether oxygens (including phenoxy) is 1. The maximum absolute atomic E-state index is 13.7. The Bertz CT molecular complexity index is 1120. The van der Waals surface area contributed by atoms with E-state index in [0.717, 1.165) is 31.8 Å². The zero-order valence-corrected chi connectivity index (χ0v) is 18.7. The molecule has 0 bridgehead atoms. The molecule has 0 atom stereocenters. The minimum Gasteiger partial charge on any atom is -0.380 e. The van der Waals surface area contributed by atoms with Crippen LogP contribution in [0.3, 0.4) is 0 Å². The van der Waals surface area contributed by atoms with Gasteiger partial charge in [-0.05, 0) is 50.3 Å². The average Bonchev–Trinajstić information content (AvgIpc) is 2.80. The van der Waals surface area contributed by atoms with E-state index < -0.39 is 11.6 Å². The number of benzene rings is 1. The Balaban J connectivity index is 1.99. The van der Waals surface area contributed by atoms with Crippen molar-refractivity contribution >= 4 is 17.0 Å². The minimum atomic E-state index is -0.955. The summed E-state index contributed by atoms with van der Waals surface area (Å²) in [7, 11) is 0. The fourth-order valence-electron chi connectivity index (χ4n) is 3.43. The second-order valence-electron chi connectivity index (χ2n) is 7.24. The van der Waals surface area contributed by atoms with Gasteiger partial charge in [-0.1, -0.05) is 13.8 Å². The molecule has 1 aromatic carbocycles. The van der Waals surface area contributed by atoms with Crippen LogP contribution in [0, 0.1) is 11.6 Å². The molecular weight excluding hydrogens is 416 g/mol. The molecule has 0 fully saturated rings. The number of fused-ring (bicyclic) bond motifs is 1. The molecule has 0 saturated heterocycles. The lowest BCUT2D eigenvalue weighted by atomic mass is 10.1. The Hall–Kier alpha value is -2.91. The SMILES string of the molecule is CCOCCn1c(=O)c(NCCN(CC)CC)nc2ccc(-c3ccc(F)c(F)c3)nc21. The Labute approximate surface area is 186 Å². The molecule has 0 unspecified atom stereocenters. The standard InChI is InChI=1S/C23H29F2N5O2/c1-4-29(5-2)12-11-26-21-23(31)30(13-14-32-6-3)22-20(27-21)10-9-19(28-22)16-7-8-17(24)18(25)15-16/h7-10,15H,4-6,11-14H2,1-3H3,(H,26,27). The number of likely N-dealkylation sites (N-methyl/N-ethyl adjacent to an activating group) is 1. The van der Waals surface area contributed by atoms with Crippen LogP contribution in [-0.4, -0.2) is 58.8 Å². The molecule has 0 saturated carbocycles. The second-order valence-corrected chi connectivity index (χ2v) is 7.24. The molecule has 172 valence electrons. The number of halogens is 2. The zero-order chi connectivity index (χ0) is 23.1. The van der Waals surface area contributed by atoms with Crippen molar-refractivity contribution in [2.45, 2.75) is 27.3 Å². The predicted molar refractivity (Wildman–Crippen MR) is 122 cm³/mol. The van der Waals surface area contributed by atoms with E-state index in [0.29, 0.717) is 48.7 Å². The van der Waals surface area contributed by atoms with Gasteiger partial charge in [-0.25, -0.2) is 18.7 Å². The van der Waals surface area contributed by atoms with Gasteiger partial charge in [0.25, 0.3) is 5.56 Å². The van der Waals surface area contributed by atoms with E-state index in [4.69, 9.17) is 4.74 Å². The highest BCUT2D eigenvalue weighted by Gasteiger charge is 2.14. The first-order chi connectivity index (χ1) is 15.5. The molecule has 0 radical (unpaired) electrons. The quantitative estimate of drug-likeness (QED) is 0.456. The largest absolute Gasteiger partial charge is 0.380 e. The molecule has 1 N–H and O–H groups in total. The van der Waals surface area contributed by atoms with Crippen LogP contribution in [0.25, 0.3) is 22.4 Å². The second kappa shape index (κ2) is 11.1. The van der Waals surface area contributed by atoms with Gasteiger partial charge in [0.05, 0.1) is 18.8 Å². The summed E-state index contributed by atoms with van der Waals surface area (Å²) in [5.41, 5.74) is 1.43. The highest BCUT2D eigenvalue weighted by molar-refractivity contribution is 5.76. The Morgan fingerprint density at radius 1 is 1.06 bits per heavy atom. The zero-order valence-electron chi connectivity index (χ0n) is 18.7. The molecule has 3 aromatic rings. The third-order valence-corrected chi connectivity index (χ3v) is 5.28. The molecule has 7 nitrogen and oxygen atoms in total. The van der Waals surface area contributed by atoms with E-state index >= 15 is 0 Å². The maximum Gasteiger partial charge on any atom is 0.295 e. The van der Waals surface area contributed by atoms with Gasteiger partial charge in [0, 0.05) is 25.3 Å². The van der Waals surface area contributed by atoms with E-state index in [9.17, 15) is 13.6 Å². The lowest BCUT2D eigenvalue weighted by Crippen LogP contribution is -2.32. The van der Waals surface area contributed by atoms with Crippen LogP contribution in [0.2, 0.25) is 0 Å². The first-order valence-corrected chi connectivity index (χ1v) is 10.9. The molecule has 2 heterocycles. The first kappa shape index (κ1) is 23.7. The summed E-state index contributed by atoms with van der Waals surface area (Å²) in [5.74, 6) is -1.63. The number of hydrogen-bond acceptors (Lipinski definition) is 6.